The zero-order valence-corrected chi connectivity index (χ0v) is 12.8. The van der Waals surface area contributed by atoms with Crippen molar-refractivity contribution in [3.8, 4) is 5.75 Å². The molecular weight excluding hydrogens is 281 g/mol. The maximum Gasteiger partial charge on any atom is 0.152 e. The molecule has 6 heteroatoms. The Labute approximate surface area is 119 Å². The molecule has 0 amide bonds. The minimum atomic E-state index is -3.00. The summed E-state index contributed by atoms with van der Waals surface area (Å²) in [6, 6.07) is 4.34. The summed E-state index contributed by atoms with van der Waals surface area (Å²) in [6.45, 7) is 3.68. The molecule has 1 fully saturated rings. The molecule has 0 radical (unpaired) electrons. The van der Waals surface area contributed by atoms with E-state index in [1.807, 2.05) is 13.8 Å². The zero-order chi connectivity index (χ0) is 15.0. The molecule has 1 aromatic carbocycles. The predicted octanol–water partition coefficient (Wildman–Crippen LogP) is 2.06. The van der Waals surface area contributed by atoms with Crippen LogP contribution in [-0.4, -0.2) is 32.6 Å². The standard InChI is InChI=1S/C14H20FNO3S/c1-10(13-11(15)5-4-6-12(13)19-3)16-14(2)7-8-20(17,18)9-14/h4-6,10,16H,7-9H2,1-3H3. The first-order valence-electron chi connectivity index (χ1n) is 6.57. The van der Waals surface area contributed by atoms with Gasteiger partial charge in [-0.3, -0.25) is 0 Å². The van der Waals surface area contributed by atoms with Gasteiger partial charge in [0.2, 0.25) is 0 Å². The highest BCUT2D eigenvalue weighted by atomic mass is 32.2. The van der Waals surface area contributed by atoms with E-state index < -0.39 is 15.4 Å². The van der Waals surface area contributed by atoms with Crippen LogP contribution in [0.5, 0.6) is 5.75 Å². The van der Waals surface area contributed by atoms with Crippen LogP contribution in [0.4, 0.5) is 4.39 Å². The van der Waals surface area contributed by atoms with E-state index in [0.717, 1.165) is 0 Å². The average molecular weight is 301 g/mol. The highest BCUT2D eigenvalue weighted by molar-refractivity contribution is 7.91. The van der Waals surface area contributed by atoms with Gasteiger partial charge in [-0.25, -0.2) is 12.8 Å². The van der Waals surface area contributed by atoms with Gasteiger partial charge in [0, 0.05) is 17.1 Å². The number of nitrogens with one attached hydrogen (secondary N) is 1. The zero-order valence-electron chi connectivity index (χ0n) is 11.9. The summed E-state index contributed by atoms with van der Waals surface area (Å²) in [7, 11) is -1.50. The summed E-state index contributed by atoms with van der Waals surface area (Å²) in [5.74, 6) is 0.377. The van der Waals surface area contributed by atoms with Gasteiger partial charge in [-0.2, -0.15) is 0 Å². The van der Waals surface area contributed by atoms with Crippen LogP contribution in [0.1, 0.15) is 31.9 Å². The van der Waals surface area contributed by atoms with Crippen molar-refractivity contribution < 1.29 is 17.5 Å². The van der Waals surface area contributed by atoms with E-state index in [1.54, 1.807) is 12.1 Å². The topological polar surface area (TPSA) is 55.4 Å². The van der Waals surface area contributed by atoms with Crippen LogP contribution >= 0.6 is 0 Å². The number of rotatable bonds is 4. The number of halogens is 1. The van der Waals surface area contributed by atoms with Gasteiger partial charge in [0.1, 0.15) is 11.6 Å². The Kier molecular flexibility index (Phi) is 4.07. The lowest BCUT2D eigenvalue weighted by Gasteiger charge is -2.29. The second-order valence-corrected chi connectivity index (χ2v) is 7.81. The third-order valence-electron chi connectivity index (χ3n) is 3.73. The van der Waals surface area contributed by atoms with E-state index in [2.05, 4.69) is 5.32 Å². The van der Waals surface area contributed by atoms with Crippen molar-refractivity contribution in [2.75, 3.05) is 18.6 Å². The van der Waals surface area contributed by atoms with Crippen molar-refractivity contribution in [1.82, 2.24) is 5.32 Å². The molecule has 2 rings (SSSR count). The molecule has 1 aliphatic heterocycles. The van der Waals surface area contributed by atoms with Gasteiger partial charge in [-0.15, -0.1) is 0 Å². The third-order valence-corrected chi connectivity index (χ3v) is 5.64. The Bertz CT molecular complexity index is 602. The summed E-state index contributed by atoms with van der Waals surface area (Å²) in [6.07, 6.45) is 0.538. The number of ether oxygens (including phenoxy) is 1. The molecule has 1 aliphatic rings. The van der Waals surface area contributed by atoms with E-state index in [1.165, 1.54) is 13.2 Å². The predicted molar refractivity (Wildman–Crippen MR) is 76.2 cm³/mol. The van der Waals surface area contributed by atoms with E-state index in [9.17, 15) is 12.8 Å². The molecule has 2 unspecified atom stereocenters. The van der Waals surface area contributed by atoms with Crippen LogP contribution in [0.15, 0.2) is 18.2 Å². The fraction of sp³-hybridized carbons (Fsp3) is 0.571. The van der Waals surface area contributed by atoms with Crippen LogP contribution < -0.4 is 10.1 Å². The normalized spacial score (nSPS) is 26.4. The highest BCUT2D eigenvalue weighted by Gasteiger charge is 2.39. The molecule has 20 heavy (non-hydrogen) atoms. The maximum absolute atomic E-state index is 14.0. The molecule has 0 spiro atoms. The minimum Gasteiger partial charge on any atom is -0.496 e. The lowest BCUT2D eigenvalue weighted by molar-refractivity contribution is 0.336. The number of methoxy groups -OCH3 is 1. The smallest absolute Gasteiger partial charge is 0.152 e. The molecule has 112 valence electrons. The summed E-state index contributed by atoms with van der Waals surface area (Å²) in [5.41, 5.74) is -0.0912. The number of hydrogen-bond acceptors (Lipinski definition) is 4. The summed E-state index contributed by atoms with van der Waals surface area (Å²) >= 11 is 0. The van der Waals surface area contributed by atoms with Crippen LogP contribution in [0.2, 0.25) is 0 Å². The van der Waals surface area contributed by atoms with Crippen LogP contribution in [0.25, 0.3) is 0 Å². The molecule has 0 bridgehead atoms. The maximum atomic E-state index is 14.0. The first kappa shape index (κ1) is 15.3. The van der Waals surface area contributed by atoms with Crippen molar-refractivity contribution >= 4 is 9.84 Å². The quantitative estimate of drug-likeness (QED) is 0.925. The van der Waals surface area contributed by atoms with Crippen molar-refractivity contribution in [2.45, 2.75) is 31.8 Å². The van der Waals surface area contributed by atoms with Gasteiger partial charge in [0.25, 0.3) is 0 Å². The Morgan fingerprint density at radius 1 is 1.45 bits per heavy atom. The monoisotopic (exact) mass is 301 g/mol. The Morgan fingerprint density at radius 3 is 2.70 bits per heavy atom. The molecule has 0 aromatic heterocycles. The average Bonchev–Trinajstić information content (AvgIpc) is 2.62. The van der Waals surface area contributed by atoms with Gasteiger partial charge < -0.3 is 10.1 Å². The fourth-order valence-corrected chi connectivity index (χ4v) is 4.94. The number of hydrogen-bond donors (Lipinski definition) is 1. The summed E-state index contributed by atoms with van der Waals surface area (Å²) in [4.78, 5) is 0. The van der Waals surface area contributed by atoms with Crippen LogP contribution in [0, 0.1) is 5.82 Å². The second-order valence-electron chi connectivity index (χ2n) is 5.62. The van der Waals surface area contributed by atoms with E-state index >= 15 is 0 Å². The van der Waals surface area contributed by atoms with Gasteiger partial charge in [0.15, 0.2) is 9.84 Å². The molecule has 2 atom stereocenters. The highest BCUT2D eigenvalue weighted by Crippen LogP contribution is 2.31. The molecule has 0 saturated carbocycles. The minimum absolute atomic E-state index is 0.0844. The van der Waals surface area contributed by atoms with Crippen molar-refractivity contribution in [3.63, 3.8) is 0 Å². The molecular formula is C14H20FNO3S. The third kappa shape index (κ3) is 3.12. The number of sulfone groups is 1. The summed E-state index contributed by atoms with van der Waals surface area (Å²) < 4.78 is 42.4. The van der Waals surface area contributed by atoms with Gasteiger partial charge >= 0.3 is 0 Å². The van der Waals surface area contributed by atoms with Crippen LogP contribution in [-0.2, 0) is 9.84 Å². The van der Waals surface area contributed by atoms with Crippen molar-refractivity contribution in [2.24, 2.45) is 0 Å². The fourth-order valence-electron chi connectivity index (χ4n) is 2.83. The Balaban J connectivity index is 2.23. The first-order valence-corrected chi connectivity index (χ1v) is 8.39. The lowest BCUT2D eigenvalue weighted by atomic mass is 9.97. The first-order chi connectivity index (χ1) is 9.26. The van der Waals surface area contributed by atoms with Crippen LogP contribution in [0.3, 0.4) is 0 Å². The lowest BCUT2D eigenvalue weighted by Crippen LogP contribution is -2.44. The Hall–Kier alpha value is -1.14. The van der Waals surface area contributed by atoms with E-state index in [-0.39, 0.29) is 23.4 Å². The van der Waals surface area contributed by atoms with Gasteiger partial charge in [0.05, 0.1) is 18.6 Å². The SMILES string of the molecule is COc1cccc(F)c1C(C)NC1(C)CCS(=O)(=O)C1. The van der Waals surface area contributed by atoms with Crippen molar-refractivity contribution in [3.05, 3.63) is 29.6 Å². The molecule has 1 heterocycles. The van der Waals surface area contributed by atoms with E-state index in [0.29, 0.717) is 17.7 Å². The molecule has 1 aromatic rings. The van der Waals surface area contributed by atoms with Gasteiger partial charge in [-0.05, 0) is 32.4 Å². The molecule has 0 aliphatic carbocycles. The largest absolute Gasteiger partial charge is 0.496 e. The number of benzene rings is 1. The molecule has 1 saturated heterocycles. The molecule has 4 nitrogen and oxygen atoms in total. The second kappa shape index (κ2) is 5.33. The Morgan fingerprint density at radius 2 is 2.15 bits per heavy atom. The van der Waals surface area contributed by atoms with Crippen molar-refractivity contribution in [1.29, 1.82) is 0 Å². The molecule has 1 N–H and O–H groups in total. The summed E-state index contributed by atoms with van der Waals surface area (Å²) in [5, 5.41) is 3.24. The van der Waals surface area contributed by atoms with E-state index in [4.69, 9.17) is 4.74 Å². The van der Waals surface area contributed by atoms with Gasteiger partial charge in [-0.1, -0.05) is 6.07 Å².